The van der Waals surface area contributed by atoms with E-state index >= 15 is 0 Å². The zero-order chi connectivity index (χ0) is 24.1. The Morgan fingerprint density at radius 3 is 2.20 bits per heavy atom. The lowest BCUT2D eigenvalue weighted by Crippen LogP contribution is -2.37. The first-order valence-electron chi connectivity index (χ1n) is 11.0. The topological polar surface area (TPSA) is 63.0 Å². The number of rotatable bonds is 4. The van der Waals surface area contributed by atoms with Crippen LogP contribution in [-0.4, -0.2) is 17.9 Å². The normalized spacial score (nSPS) is 21.6. The number of carbonyl (C=O) groups is 2. The van der Waals surface area contributed by atoms with Gasteiger partial charge < -0.3 is 4.42 Å². The molecule has 4 aromatic rings. The number of carbonyl (C=O) groups excluding carboxylic acids is 2. The zero-order valence-electron chi connectivity index (χ0n) is 18.2. The maximum Gasteiger partial charge on any atom is 0.266 e. The Labute approximate surface area is 214 Å². The van der Waals surface area contributed by atoms with Gasteiger partial charge in [-0.1, -0.05) is 57.9 Å². The molecule has 174 valence electrons. The first kappa shape index (κ1) is 22.1. The van der Waals surface area contributed by atoms with Crippen molar-refractivity contribution in [3.8, 4) is 11.3 Å². The van der Waals surface area contributed by atoms with Crippen LogP contribution in [0.5, 0.6) is 0 Å². The summed E-state index contributed by atoms with van der Waals surface area (Å²) in [6.07, 6.45) is -0.968. The number of nitrogens with zero attached hydrogens (tertiary/aromatic N) is 2. The van der Waals surface area contributed by atoms with Gasteiger partial charge in [0.25, 0.3) is 5.91 Å². The number of para-hydroxylation sites is 1. The summed E-state index contributed by atoms with van der Waals surface area (Å²) < 4.78 is 7.22. The molecule has 3 heterocycles. The molecule has 0 bridgehead atoms. The van der Waals surface area contributed by atoms with Crippen molar-refractivity contribution >= 4 is 50.7 Å². The molecule has 0 aliphatic carbocycles. The molecule has 3 atom stereocenters. The van der Waals surface area contributed by atoms with E-state index in [-0.39, 0.29) is 5.91 Å². The molecular weight excluding hydrogens is 532 g/mol. The lowest BCUT2D eigenvalue weighted by molar-refractivity contribution is -0.126. The molecule has 0 spiro atoms. The molecule has 1 aromatic heterocycles. The van der Waals surface area contributed by atoms with Crippen molar-refractivity contribution in [2.75, 3.05) is 9.96 Å². The second-order valence-electron chi connectivity index (χ2n) is 8.36. The van der Waals surface area contributed by atoms with Gasteiger partial charge in [-0.2, -0.15) is 0 Å². The van der Waals surface area contributed by atoms with Gasteiger partial charge in [0.1, 0.15) is 23.5 Å². The van der Waals surface area contributed by atoms with Crippen LogP contribution >= 0.6 is 27.5 Å². The van der Waals surface area contributed by atoms with Gasteiger partial charge in [0.2, 0.25) is 5.91 Å². The second-order valence-corrected chi connectivity index (χ2v) is 9.71. The highest BCUT2D eigenvalue weighted by atomic mass is 79.9. The van der Waals surface area contributed by atoms with Gasteiger partial charge >= 0.3 is 0 Å². The summed E-state index contributed by atoms with van der Waals surface area (Å²) >= 11 is 9.45. The van der Waals surface area contributed by atoms with Gasteiger partial charge in [-0.15, -0.1) is 0 Å². The summed E-state index contributed by atoms with van der Waals surface area (Å²) in [7, 11) is 0. The third-order valence-corrected chi connectivity index (χ3v) is 7.04. The van der Waals surface area contributed by atoms with E-state index < -0.39 is 24.0 Å². The predicted molar refractivity (Wildman–Crippen MR) is 136 cm³/mol. The number of anilines is 2. The van der Waals surface area contributed by atoms with Crippen LogP contribution in [0.15, 0.2) is 99.9 Å². The lowest BCUT2D eigenvalue weighted by Gasteiger charge is -2.27. The lowest BCUT2D eigenvalue weighted by atomic mass is 9.94. The second kappa shape index (κ2) is 8.68. The predicted octanol–water partition coefficient (Wildman–Crippen LogP) is 6.41. The molecule has 6 rings (SSSR count). The van der Waals surface area contributed by atoms with Crippen molar-refractivity contribution in [1.82, 2.24) is 0 Å². The van der Waals surface area contributed by atoms with Gasteiger partial charge in [-0.05, 0) is 60.7 Å². The molecule has 0 saturated carbocycles. The van der Waals surface area contributed by atoms with E-state index in [1.54, 1.807) is 29.3 Å². The van der Waals surface area contributed by atoms with Gasteiger partial charge in [-0.25, -0.2) is 9.96 Å². The third kappa shape index (κ3) is 3.76. The minimum Gasteiger partial charge on any atom is -0.459 e. The van der Waals surface area contributed by atoms with Gasteiger partial charge in [-0.3, -0.25) is 14.4 Å². The molecule has 0 radical (unpaired) electrons. The number of amides is 2. The fourth-order valence-corrected chi connectivity index (χ4v) is 5.02. The van der Waals surface area contributed by atoms with E-state index in [2.05, 4.69) is 15.9 Å². The molecule has 2 aliphatic rings. The molecule has 2 saturated heterocycles. The summed E-state index contributed by atoms with van der Waals surface area (Å²) in [5.41, 5.74) is 2.09. The van der Waals surface area contributed by atoms with Crippen molar-refractivity contribution in [3.05, 3.63) is 106 Å². The molecule has 2 fully saturated rings. The summed E-state index contributed by atoms with van der Waals surface area (Å²) in [4.78, 5) is 34.4. The van der Waals surface area contributed by atoms with E-state index in [1.807, 2.05) is 66.7 Å². The number of benzene rings is 3. The Bertz CT molecular complexity index is 1410. The number of furan rings is 1. The van der Waals surface area contributed by atoms with Crippen molar-refractivity contribution in [2.45, 2.75) is 12.1 Å². The Morgan fingerprint density at radius 1 is 0.771 bits per heavy atom. The monoisotopic (exact) mass is 548 g/mol. The maximum absolute atomic E-state index is 13.7. The van der Waals surface area contributed by atoms with Crippen molar-refractivity contribution in [2.24, 2.45) is 5.92 Å². The van der Waals surface area contributed by atoms with Gasteiger partial charge in [0.15, 0.2) is 6.10 Å². The Hall–Kier alpha value is -3.39. The summed E-state index contributed by atoms with van der Waals surface area (Å²) in [6, 6.07) is 26.9. The Kier molecular flexibility index (Phi) is 5.48. The smallest absolute Gasteiger partial charge is 0.266 e. The number of hydrogen-bond acceptors (Lipinski definition) is 5. The SMILES string of the molecule is O=C1[C@H]2[C@H](ON(c3ccccc3)[C@H]2c2ccc(-c3ccc(Br)cc3)o2)C(=O)N1c1ccc(Cl)cc1. The highest BCUT2D eigenvalue weighted by molar-refractivity contribution is 9.10. The minimum atomic E-state index is -0.968. The highest BCUT2D eigenvalue weighted by Crippen LogP contribution is 2.48. The molecule has 6 nitrogen and oxygen atoms in total. The first-order valence-corrected chi connectivity index (χ1v) is 12.2. The highest BCUT2D eigenvalue weighted by Gasteiger charge is 2.61. The summed E-state index contributed by atoms with van der Waals surface area (Å²) in [6.45, 7) is 0. The van der Waals surface area contributed by atoms with E-state index in [0.29, 0.717) is 22.2 Å². The molecule has 0 N–H and O–H groups in total. The molecule has 0 unspecified atom stereocenters. The van der Waals surface area contributed by atoms with Crippen LogP contribution in [-0.2, 0) is 14.4 Å². The van der Waals surface area contributed by atoms with Crippen LogP contribution < -0.4 is 9.96 Å². The van der Waals surface area contributed by atoms with Crippen LogP contribution in [0.1, 0.15) is 11.8 Å². The van der Waals surface area contributed by atoms with Crippen molar-refractivity contribution < 1.29 is 18.8 Å². The Morgan fingerprint density at radius 2 is 1.49 bits per heavy atom. The molecule has 2 aliphatic heterocycles. The van der Waals surface area contributed by atoms with Crippen LogP contribution in [0, 0.1) is 5.92 Å². The van der Waals surface area contributed by atoms with Crippen molar-refractivity contribution in [1.29, 1.82) is 0 Å². The molecule has 8 heteroatoms. The van der Waals surface area contributed by atoms with Crippen LogP contribution in [0.4, 0.5) is 11.4 Å². The van der Waals surface area contributed by atoms with Crippen molar-refractivity contribution in [3.63, 3.8) is 0 Å². The number of hydrogen-bond donors (Lipinski definition) is 0. The zero-order valence-corrected chi connectivity index (χ0v) is 20.5. The Balaban J connectivity index is 1.41. The number of fused-ring (bicyclic) bond motifs is 1. The molecule has 2 amide bonds. The summed E-state index contributed by atoms with van der Waals surface area (Å²) in [5, 5.41) is 2.14. The molecule has 35 heavy (non-hydrogen) atoms. The minimum absolute atomic E-state index is 0.340. The third-order valence-electron chi connectivity index (χ3n) is 6.26. The summed E-state index contributed by atoms with van der Waals surface area (Å²) in [5.74, 6) is -0.325. The van der Waals surface area contributed by atoms with Gasteiger partial charge in [0.05, 0.1) is 11.4 Å². The quantitative estimate of drug-likeness (QED) is 0.275. The fraction of sp³-hybridized carbons (Fsp3) is 0.111. The maximum atomic E-state index is 13.7. The van der Waals surface area contributed by atoms with E-state index in [9.17, 15) is 9.59 Å². The standard InChI is InChI=1S/C27H18BrClN2O4/c28-17-8-6-16(7-9-17)21-14-15-22(34-21)24-23-25(35-31(24)20-4-2-1-3-5-20)27(33)30(26(23)32)19-12-10-18(29)11-13-19/h1-15,23-25H/t23-,24+,25+/m1/s1. The largest absolute Gasteiger partial charge is 0.459 e. The van der Waals surface area contributed by atoms with Crippen LogP contribution in [0.25, 0.3) is 11.3 Å². The van der Waals surface area contributed by atoms with Crippen LogP contribution in [0.3, 0.4) is 0 Å². The van der Waals surface area contributed by atoms with E-state index in [4.69, 9.17) is 20.9 Å². The number of imide groups is 1. The number of hydroxylamine groups is 1. The molecular formula is C27H18BrClN2O4. The van der Waals surface area contributed by atoms with E-state index in [1.165, 1.54) is 4.90 Å². The van der Waals surface area contributed by atoms with Gasteiger partial charge in [0, 0.05) is 15.1 Å². The average molecular weight is 550 g/mol. The van der Waals surface area contributed by atoms with Crippen LogP contribution in [0.2, 0.25) is 5.02 Å². The van der Waals surface area contributed by atoms with E-state index in [0.717, 1.165) is 15.7 Å². The average Bonchev–Trinajstić information content (AvgIpc) is 3.56. The fourth-order valence-electron chi connectivity index (χ4n) is 4.63. The number of halogens is 2. The first-order chi connectivity index (χ1) is 17.0. The molecule has 3 aromatic carbocycles.